The van der Waals surface area contributed by atoms with Crippen LogP contribution < -0.4 is 10.1 Å². The summed E-state index contributed by atoms with van der Waals surface area (Å²) in [5.74, 6) is 1.21. The highest BCUT2D eigenvalue weighted by Crippen LogP contribution is 2.25. The van der Waals surface area contributed by atoms with Gasteiger partial charge in [-0.15, -0.1) is 11.3 Å². The Hall–Kier alpha value is -2.80. The summed E-state index contributed by atoms with van der Waals surface area (Å²) in [6.45, 7) is 3.59. The van der Waals surface area contributed by atoms with Gasteiger partial charge in [-0.1, -0.05) is 5.16 Å². The number of aromatic nitrogens is 2. The largest absolute Gasteiger partial charge is 0.485 e. The number of carbonyl (C=O) groups excluding carboxylic acids is 1. The molecule has 0 aliphatic carbocycles. The molecule has 3 heterocycles. The summed E-state index contributed by atoms with van der Waals surface area (Å²) in [7, 11) is -3.53. The fourth-order valence-electron chi connectivity index (χ4n) is 3.03. The molecule has 32 heavy (non-hydrogen) atoms. The van der Waals surface area contributed by atoms with Crippen molar-refractivity contribution >= 4 is 27.3 Å². The first kappa shape index (κ1) is 22.4. The fourth-order valence-corrected chi connectivity index (χ4v) is 5.88. The third kappa shape index (κ3) is 5.33. The summed E-state index contributed by atoms with van der Waals surface area (Å²) in [5.41, 5.74) is 0.463. The molecular weight excluding hydrogens is 456 g/mol. The second-order valence-electron chi connectivity index (χ2n) is 6.96. The molecule has 170 valence electrons. The smallest absolute Gasteiger partial charge is 0.252 e. The predicted octanol–water partition coefficient (Wildman–Crippen LogP) is 1.97. The van der Waals surface area contributed by atoms with E-state index < -0.39 is 10.0 Å². The number of carbonyl (C=O) groups is 1. The lowest BCUT2D eigenvalue weighted by molar-refractivity contribution is 0.0731. The van der Waals surface area contributed by atoms with Crippen LogP contribution in [0.5, 0.6) is 5.75 Å². The standard InChI is InChI=1S/C20H22N4O6S2/c1-14-22-18(23-30-14)13-29-16-4-2-15(3-5-16)20(25)21-12-17-6-7-19(31-17)32(26,27)24-8-10-28-11-9-24/h2-7H,8-13H2,1H3,(H,21,25). The Labute approximate surface area is 189 Å². The monoisotopic (exact) mass is 478 g/mol. The van der Waals surface area contributed by atoms with Crippen LogP contribution in [0.4, 0.5) is 0 Å². The summed E-state index contributed by atoms with van der Waals surface area (Å²) < 4.78 is 42.8. The highest BCUT2D eigenvalue weighted by Gasteiger charge is 2.27. The Morgan fingerprint density at radius 2 is 1.94 bits per heavy atom. The average molecular weight is 479 g/mol. The molecule has 0 radical (unpaired) electrons. The predicted molar refractivity (Wildman–Crippen MR) is 115 cm³/mol. The van der Waals surface area contributed by atoms with E-state index in [9.17, 15) is 13.2 Å². The summed E-state index contributed by atoms with van der Waals surface area (Å²) in [4.78, 5) is 17.2. The van der Waals surface area contributed by atoms with Gasteiger partial charge in [-0.3, -0.25) is 4.79 Å². The Balaban J connectivity index is 1.30. The van der Waals surface area contributed by atoms with Crippen LogP contribution >= 0.6 is 11.3 Å². The van der Waals surface area contributed by atoms with E-state index in [1.54, 1.807) is 43.3 Å². The van der Waals surface area contributed by atoms with Gasteiger partial charge in [0.25, 0.3) is 15.9 Å². The normalized spacial score (nSPS) is 14.9. The van der Waals surface area contributed by atoms with Crippen LogP contribution in [0.25, 0.3) is 0 Å². The number of thiophene rings is 1. The van der Waals surface area contributed by atoms with Crippen LogP contribution in [0.3, 0.4) is 0 Å². The molecule has 1 aromatic carbocycles. The quantitative estimate of drug-likeness (QED) is 0.521. The molecule has 1 fully saturated rings. The zero-order valence-electron chi connectivity index (χ0n) is 17.3. The number of nitrogens with one attached hydrogen (secondary N) is 1. The van der Waals surface area contributed by atoms with Gasteiger partial charge in [-0.2, -0.15) is 9.29 Å². The zero-order chi connectivity index (χ0) is 22.6. The molecule has 4 rings (SSSR count). The summed E-state index contributed by atoms with van der Waals surface area (Å²) in [6.07, 6.45) is 0. The highest BCUT2D eigenvalue weighted by atomic mass is 32.2. The van der Waals surface area contributed by atoms with Gasteiger partial charge < -0.3 is 19.3 Å². The number of sulfonamides is 1. The van der Waals surface area contributed by atoms with Crippen molar-refractivity contribution in [2.75, 3.05) is 26.3 Å². The molecule has 1 amide bonds. The maximum absolute atomic E-state index is 12.7. The lowest BCUT2D eigenvalue weighted by Crippen LogP contribution is -2.40. The molecule has 2 aromatic heterocycles. The van der Waals surface area contributed by atoms with Crippen LogP contribution in [0.2, 0.25) is 0 Å². The maximum Gasteiger partial charge on any atom is 0.252 e. The van der Waals surface area contributed by atoms with Gasteiger partial charge in [0.1, 0.15) is 9.96 Å². The first-order valence-electron chi connectivity index (χ1n) is 9.89. The Kier molecular flexibility index (Phi) is 6.84. The number of benzene rings is 1. The number of rotatable bonds is 8. The minimum atomic E-state index is -3.53. The molecule has 0 bridgehead atoms. The van der Waals surface area contributed by atoms with E-state index in [0.717, 1.165) is 16.2 Å². The van der Waals surface area contributed by atoms with Crippen LogP contribution in [0.1, 0.15) is 27.0 Å². The van der Waals surface area contributed by atoms with Gasteiger partial charge in [0, 0.05) is 30.5 Å². The van der Waals surface area contributed by atoms with Crippen LogP contribution in [0, 0.1) is 6.92 Å². The molecular formula is C20H22N4O6S2. The Morgan fingerprint density at radius 1 is 1.19 bits per heavy atom. The second-order valence-corrected chi connectivity index (χ2v) is 10.3. The molecule has 3 aromatic rings. The molecule has 1 aliphatic heterocycles. The first-order chi connectivity index (χ1) is 15.4. The van der Waals surface area contributed by atoms with Crippen molar-refractivity contribution in [3.63, 3.8) is 0 Å². The fraction of sp³-hybridized carbons (Fsp3) is 0.350. The van der Waals surface area contributed by atoms with E-state index >= 15 is 0 Å². The Bertz CT molecular complexity index is 1170. The van der Waals surface area contributed by atoms with Gasteiger partial charge in [0.2, 0.25) is 11.7 Å². The number of morpholine rings is 1. The van der Waals surface area contributed by atoms with E-state index in [2.05, 4.69) is 15.5 Å². The maximum atomic E-state index is 12.7. The van der Waals surface area contributed by atoms with Crippen molar-refractivity contribution in [1.29, 1.82) is 0 Å². The topological polar surface area (TPSA) is 124 Å². The molecule has 1 aliphatic rings. The molecule has 0 spiro atoms. The second kappa shape index (κ2) is 9.77. The van der Waals surface area contributed by atoms with Crippen molar-refractivity contribution in [3.05, 3.63) is 58.6 Å². The number of hydrogen-bond donors (Lipinski definition) is 1. The lowest BCUT2D eigenvalue weighted by atomic mass is 10.2. The SMILES string of the molecule is Cc1nc(COc2ccc(C(=O)NCc3ccc(S(=O)(=O)N4CCOCC4)s3)cc2)no1. The summed E-state index contributed by atoms with van der Waals surface area (Å²) >= 11 is 1.15. The Morgan fingerprint density at radius 3 is 2.62 bits per heavy atom. The van der Waals surface area contributed by atoms with E-state index in [4.69, 9.17) is 14.0 Å². The molecule has 10 nitrogen and oxygen atoms in total. The van der Waals surface area contributed by atoms with Crippen molar-refractivity contribution in [2.24, 2.45) is 0 Å². The number of nitrogens with zero attached hydrogens (tertiary/aromatic N) is 3. The number of ether oxygens (including phenoxy) is 2. The van der Waals surface area contributed by atoms with Gasteiger partial charge >= 0.3 is 0 Å². The molecule has 0 unspecified atom stereocenters. The van der Waals surface area contributed by atoms with E-state index in [1.807, 2.05) is 0 Å². The van der Waals surface area contributed by atoms with Gasteiger partial charge in [0.15, 0.2) is 6.61 Å². The number of amides is 1. The van der Waals surface area contributed by atoms with Gasteiger partial charge in [0.05, 0.1) is 19.8 Å². The molecule has 1 N–H and O–H groups in total. The van der Waals surface area contributed by atoms with E-state index in [0.29, 0.717) is 49.3 Å². The number of aryl methyl sites for hydroxylation is 1. The van der Waals surface area contributed by atoms with Gasteiger partial charge in [-0.05, 0) is 36.4 Å². The number of hydrogen-bond acceptors (Lipinski definition) is 9. The lowest BCUT2D eigenvalue weighted by Gasteiger charge is -2.25. The van der Waals surface area contributed by atoms with Crippen LogP contribution in [-0.4, -0.2) is 55.1 Å². The van der Waals surface area contributed by atoms with Crippen LogP contribution in [-0.2, 0) is 27.9 Å². The third-order valence-electron chi connectivity index (χ3n) is 4.68. The molecule has 0 saturated carbocycles. The molecule has 1 saturated heterocycles. The highest BCUT2D eigenvalue weighted by molar-refractivity contribution is 7.91. The zero-order valence-corrected chi connectivity index (χ0v) is 18.9. The molecule has 12 heteroatoms. The first-order valence-corrected chi connectivity index (χ1v) is 12.1. The third-order valence-corrected chi connectivity index (χ3v) is 8.13. The summed E-state index contributed by atoms with van der Waals surface area (Å²) in [6, 6.07) is 9.95. The van der Waals surface area contributed by atoms with Crippen molar-refractivity contribution < 1.29 is 27.2 Å². The minimum Gasteiger partial charge on any atom is -0.485 e. The minimum absolute atomic E-state index is 0.164. The van der Waals surface area contributed by atoms with Crippen molar-refractivity contribution in [3.8, 4) is 5.75 Å². The van der Waals surface area contributed by atoms with E-state index in [1.165, 1.54) is 4.31 Å². The van der Waals surface area contributed by atoms with Gasteiger partial charge in [-0.25, -0.2) is 8.42 Å². The van der Waals surface area contributed by atoms with Crippen molar-refractivity contribution in [1.82, 2.24) is 19.8 Å². The average Bonchev–Trinajstić information content (AvgIpc) is 3.46. The molecule has 0 atom stereocenters. The van der Waals surface area contributed by atoms with E-state index in [-0.39, 0.29) is 23.3 Å². The van der Waals surface area contributed by atoms with Crippen molar-refractivity contribution in [2.45, 2.75) is 24.3 Å². The van der Waals surface area contributed by atoms with Crippen LogP contribution in [0.15, 0.2) is 45.1 Å². The summed E-state index contributed by atoms with van der Waals surface area (Å²) in [5, 5.41) is 6.56.